The summed E-state index contributed by atoms with van der Waals surface area (Å²) < 4.78 is 27.6. The van der Waals surface area contributed by atoms with E-state index in [0.717, 1.165) is 29.7 Å². The first kappa shape index (κ1) is 21.5. The fourth-order valence-electron chi connectivity index (χ4n) is 4.24. The summed E-state index contributed by atoms with van der Waals surface area (Å²) in [5, 5.41) is 0. The highest BCUT2D eigenvalue weighted by molar-refractivity contribution is 7.88. The Balaban J connectivity index is 1.68. The van der Waals surface area contributed by atoms with E-state index in [2.05, 4.69) is 0 Å². The third kappa shape index (κ3) is 4.50. The van der Waals surface area contributed by atoms with Crippen molar-refractivity contribution in [2.45, 2.75) is 32.2 Å². The van der Waals surface area contributed by atoms with E-state index in [0.29, 0.717) is 31.9 Å². The number of hydrogen-bond acceptors (Lipinski definition) is 4. The third-order valence-corrected chi connectivity index (χ3v) is 7.15. The van der Waals surface area contributed by atoms with Crippen molar-refractivity contribution < 1.29 is 13.2 Å². The molecule has 4 rings (SSSR count). The molecule has 7 nitrogen and oxygen atoms in total. The lowest BCUT2D eigenvalue weighted by atomic mass is 9.99. The average molecular weight is 441 g/mol. The van der Waals surface area contributed by atoms with E-state index in [1.54, 1.807) is 4.90 Å². The molecule has 31 heavy (non-hydrogen) atoms. The van der Waals surface area contributed by atoms with Gasteiger partial charge in [0.2, 0.25) is 10.0 Å². The zero-order valence-corrected chi connectivity index (χ0v) is 18.8. The van der Waals surface area contributed by atoms with E-state index in [1.165, 1.54) is 10.6 Å². The van der Waals surface area contributed by atoms with Gasteiger partial charge in [-0.2, -0.15) is 0 Å². The second-order valence-electron chi connectivity index (χ2n) is 8.04. The molecular weight excluding hydrogens is 412 g/mol. The van der Waals surface area contributed by atoms with Crippen molar-refractivity contribution in [1.82, 2.24) is 18.6 Å². The molecule has 1 aliphatic rings. The zero-order chi connectivity index (χ0) is 22.0. The van der Waals surface area contributed by atoms with Gasteiger partial charge in [0, 0.05) is 38.3 Å². The maximum absolute atomic E-state index is 13.5. The van der Waals surface area contributed by atoms with Gasteiger partial charge in [0.15, 0.2) is 5.69 Å². The van der Waals surface area contributed by atoms with Gasteiger partial charge in [-0.1, -0.05) is 36.4 Å². The topological polar surface area (TPSA) is 75.0 Å². The molecule has 0 spiro atoms. The number of nitrogens with zero attached hydrogens (tertiary/aromatic N) is 4. The number of imidazole rings is 1. The maximum Gasteiger partial charge on any atom is 0.275 e. The number of hydrogen-bond donors (Lipinski definition) is 0. The number of aromatic nitrogens is 2. The quantitative estimate of drug-likeness (QED) is 0.590. The molecule has 3 aromatic rings. The first-order valence-corrected chi connectivity index (χ1v) is 12.5. The van der Waals surface area contributed by atoms with Crippen LogP contribution >= 0.6 is 0 Å². The Morgan fingerprint density at radius 3 is 2.61 bits per heavy atom. The van der Waals surface area contributed by atoms with E-state index < -0.39 is 10.0 Å². The number of carbonyl (C=O) groups excluding carboxylic acids is 1. The first-order valence-electron chi connectivity index (χ1n) is 10.6. The monoisotopic (exact) mass is 440 g/mol. The molecule has 0 saturated carbocycles. The van der Waals surface area contributed by atoms with E-state index in [-0.39, 0.29) is 11.8 Å². The Morgan fingerprint density at radius 1 is 1.16 bits per heavy atom. The summed E-state index contributed by atoms with van der Waals surface area (Å²) in [6, 6.07) is 15.6. The molecule has 0 aliphatic carbocycles. The zero-order valence-electron chi connectivity index (χ0n) is 17.9. The molecule has 1 saturated heterocycles. The minimum Gasteiger partial charge on any atom is -0.333 e. The van der Waals surface area contributed by atoms with E-state index in [9.17, 15) is 13.2 Å². The largest absolute Gasteiger partial charge is 0.333 e. The van der Waals surface area contributed by atoms with Crippen molar-refractivity contribution in [2.24, 2.45) is 0 Å². The minimum atomic E-state index is -3.26. The molecule has 1 fully saturated rings. The summed E-state index contributed by atoms with van der Waals surface area (Å²) in [6.45, 7) is 3.97. The number of rotatable bonds is 6. The predicted molar refractivity (Wildman–Crippen MR) is 120 cm³/mol. The number of amides is 1. The van der Waals surface area contributed by atoms with Crippen LogP contribution < -0.4 is 0 Å². The van der Waals surface area contributed by atoms with Gasteiger partial charge in [-0.05, 0) is 37.5 Å². The highest BCUT2D eigenvalue weighted by Crippen LogP contribution is 2.29. The summed E-state index contributed by atoms with van der Waals surface area (Å²) in [6.07, 6.45) is 4.77. The molecule has 1 aromatic carbocycles. The Hall–Kier alpha value is -2.71. The molecule has 0 bridgehead atoms. The van der Waals surface area contributed by atoms with Gasteiger partial charge in [-0.3, -0.25) is 4.79 Å². The van der Waals surface area contributed by atoms with Gasteiger partial charge in [-0.15, -0.1) is 0 Å². The van der Waals surface area contributed by atoms with Gasteiger partial charge >= 0.3 is 0 Å². The molecule has 164 valence electrons. The van der Waals surface area contributed by atoms with Crippen LogP contribution in [0.15, 0.2) is 54.7 Å². The Morgan fingerprint density at radius 2 is 1.90 bits per heavy atom. The standard InChI is InChI=1S/C23H28N4O3S/c1-3-25(16-18-10-5-4-6-11-18)23(28)21-20-13-7-8-15-27(20)22(24-21)19-12-9-14-26(17-19)31(2,29)30/h4-8,10-11,13,15,19H,3,9,12,14,16-17H2,1-2H3/t19-/m1/s1. The van der Waals surface area contributed by atoms with E-state index >= 15 is 0 Å². The van der Waals surface area contributed by atoms with Crippen LogP contribution in [0.25, 0.3) is 5.52 Å². The van der Waals surface area contributed by atoms with Crippen molar-refractivity contribution in [3.63, 3.8) is 0 Å². The number of benzene rings is 1. The second-order valence-corrected chi connectivity index (χ2v) is 10.0. The Kier molecular flexibility index (Phi) is 6.11. The van der Waals surface area contributed by atoms with Crippen molar-refractivity contribution in [3.05, 3.63) is 71.8 Å². The highest BCUT2D eigenvalue weighted by atomic mass is 32.2. The highest BCUT2D eigenvalue weighted by Gasteiger charge is 2.31. The first-order chi connectivity index (χ1) is 14.9. The lowest BCUT2D eigenvalue weighted by Crippen LogP contribution is -2.38. The summed E-state index contributed by atoms with van der Waals surface area (Å²) in [7, 11) is -3.26. The minimum absolute atomic E-state index is 0.0517. The number of carbonyl (C=O) groups is 1. The Labute approximate surface area is 183 Å². The predicted octanol–water partition coefficient (Wildman–Crippen LogP) is 3.14. The van der Waals surface area contributed by atoms with Gasteiger partial charge in [-0.25, -0.2) is 17.7 Å². The van der Waals surface area contributed by atoms with Crippen LogP contribution in [0.2, 0.25) is 0 Å². The van der Waals surface area contributed by atoms with Crippen LogP contribution in [0.3, 0.4) is 0 Å². The van der Waals surface area contributed by atoms with E-state index in [4.69, 9.17) is 4.98 Å². The van der Waals surface area contributed by atoms with Gasteiger partial charge < -0.3 is 9.30 Å². The van der Waals surface area contributed by atoms with Crippen molar-refractivity contribution >= 4 is 21.4 Å². The molecule has 2 aromatic heterocycles. The number of sulfonamides is 1. The fraction of sp³-hybridized carbons (Fsp3) is 0.391. The maximum atomic E-state index is 13.5. The van der Waals surface area contributed by atoms with Crippen molar-refractivity contribution in [1.29, 1.82) is 0 Å². The van der Waals surface area contributed by atoms with Crippen molar-refractivity contribution in [3.8, 4) is 0 Å². The summed E-state index contributed by atoms with van der Waals surface area (Å²) in [5.41, 5.74) is 2.24. The molecular formula is C23H28N4O3S. The molecule has 0 unspecified atom stereocenters. The molecule has 8 heteroatoms. The van der Waals surface area contributed by atoms with Crippen LogP contribution in [0.1, 0.15) is 47.6 Å². The molecule has 1 aliphatic heterocycles. The molecule has 3 heterocycles. The van der Waals surface area contributed by atoms with Crippen LogP contribution in [0.5, 0.6) is 0 Å². The van der Waals surface area contributed by atoms with Crippen LogP contribution in [-0.2, 0) is 16.6 Å². The van der Waals surface area contributed by atoms with E-state index in [1.807, 2.05) is 66.1 Å². The normalized spacial score (nSPS) is 17.7. The molecule has 0 N–H and O–H groups in total. The van der Waals surface area contributed by atoms with Crippen LogP contribution in [0, 0.1) is 0 Å². The third-order valence-electron chi connectivity index (χ3n) is 5.88. The summed E-state index contributed by atoms with van der Waals surface area (Å²) in [5.74, 6) is 0.587. The number of piperidine rings is 1. The molecule has 1 amide bonds. The average Bonchev–Trinajstić information content (AvgIpc) is 3.17. The van der Waals surface area contributed by atoms with Crippen molar-refractivity contribution in [2.75, 3.05) is 25.9 Å². The van der Waals surface area contributed by atoms with Crippen LogP contribution in [0.4, 0.5) is 0 Å². The van der Waals surface area contributed by atoms with Gasteiger partial charge in [0.1, 0.15) is 5.82 Å². The number of fused-ring (bicyclic) bond motifs is 1. The lowest BCUT2D eigenvalue weighted by molar-refractivity contribution is 0.0749. The smallest absolute Gasteiger partial charge is 0.275 e. The SMILES string of the molecule is CCN(Cc1ccccc1)C(=O)c1nc([C@@H]2CCCN(S(C)(=O)=O)C2)n2ccccc12. The van der Waals surface area contributed by atoms with Crippen LogP contribution in [-0.4, -0.2) is 58.8 Å². The van der Waals surface area contributed by atoms with Gasteiger partial charge in [0.25, 0.3) is 5.91 Å². The Bertz CT molecular complexity index is 1170. The lowest BCUT2D eigenvalue weighted by Gasteiger charge is -2.30. The second kappa shape index (κ2) is 8.80. The van der Waals surface area contributed by atoms with Gasteiger partial charge in [0.05, 0.1) is 11.8 Å². The fourth-order valence-corrected chi connectivity index (χ4v) is 5.15. The molecule has 0 radical (unpaired) electrons. The summed E-state index contributed by atoms with van der Waals surface area (Å²) >= 11 is 0. The summed E-state index contributed by atoms with van der Waals surface area (Å²) in [4.78, 5) is 20.0. The number of pyridine rings is 1. The molecule has 1 atom stereocenters.